The fourth-order valence-corrected chi connectivity index (χ4v) is 7.15. The van der Waals surface area contributed by atoms with E-state index < -0.39 is 5.41 Å². The topological polar surface area (TPSA) is 60.4 Å². The summed E-state index contributed by atoms with van der Waals surface area (Å²) in [6.07, 6.45) is 6.97. The number of fused-ring (bicyclic) bond motifs is 5. The monoisotopic (exact) mass is 346 g/mol. The zero-order chi connectivity index (χ0) is 18.0. The van der Waals surface area contributed by atoms with Crippen molar-refractivity contribution in [3.8, 4) is 0 Å². The minimum absolute atomic E-state index is 0.0175. The van der Waals surface area contributed by atoms with E-state index in [2.05, 4.69) is 6.92 Å². The van der Waals surface area contributed by atoms with Gasteiger partial charge in [0.25, 0.3) is 0 Å². The first-order chi connectivity index (χ1) is 11.8. The van der Waals surface area contributed by atoms with Gasteiger partial charge in [-0.3, -0.25) is 14.4 Å². The van der Waals surface area contributed by atoms with Crippen molar-refractivity contribution >= 4 is 17.5 Å². The number of rotatable bonds is 1. The molecular formula is C21H30O4. The maximum Gasteiger partial charge on any atom is 0.302 e. The molecule has 0 spiro atoms. The minimum atomic E-state index is -0.392. The van der Waals surface area contributed by atoms with Gasteiger partial charge in [0.15, 0.2) is 0 Å². The summed E-state index contributed by atoms with van der Waals surface area (Å²) in [6, 6.07) is 0. The van der Waals surface area contributed by atoms with Crippen molar-refractivity contribution in [2.75, 3.05) is 0 Å². The van der Waals surface area contributed by atoms with E-state index >= 15 is 0 Å². The van der Waals surface area contributed by atoms with Gasteiger partial charge in [0.05, 0.1) is 0 Å². The maximum atomic E-state index is 13.2. The number of hydrogen-bond acceptors (Lipinski definition) is 4. The van der Waals surface area contributed by atoms with E-state index in [9.17, 15) is 14.4 Å². The van der Waals surface area contributed by atoms with Gasteiger partial charge < -0.3 is 4.74 Å². The van der Waals surface area contributed by atoms with Crippen LogP contribution >= 0.6 is 0 Å². The molecular weight excluding hydrogens is 316 g/mol. The van der Waals surface area contributed by atoms with E-state index in [1.54, 1.807) is 0 Å². The smallest absolute Gasteiger partial charge is 0.302 e. The van der Waals surface area contributed by atoms with Gasteiger partial charge >= 0.3 is 5.97 Å². The van der Waals surface area contributed by atoms with Crippen molar-refractivity contribution in [2.45, 2.75) is 78.2 Å². The van der Waals surface area contributed by atoms with Crippen molar-refractivity contribution in [3.63, 3.8) is 0 Å². The van der Waals surface area contributed by atoms with E-state index in [-0.39, 0.29) is 23.4 Å². The molecule has 0 amide bonds. The molecule has 4 nitrogen and oxygen atoms in total. The van der Waals surface area contributed by atoms with E-state index in [0.29, 0.717) is 42.2 Å². The molecule has 4 saturated carbocycles. The Morgan fingerprint density at radius 2 is 1.88 bits per heavy atom. The van der Waals surface area contributed by atoms with Crippen LogP contribution < -0.4 is 0 Å². The molecule has 4 aliphatic rings. The summed E-state index contributed by atoms with van der Waals surface area (Å²) >= 11 is 0. The van der Waals surface area contributed by atoms with Gasteiger partial charge in [-0.15, -0.1) is 0 Å². The number of carbonyl (C=O) groups is 3. The third-order valence-corrected chi connectivity index (χ3v) is 8.35. The second-order valence-electron chi connectivity index (χ2n) is 9.56. The number of hydrogen-bond donors (Lipinski definition) is 0. The standard InChI is InChI=1S/C21H30O4/c1-12(22)25-14-8-9-20(2)13(10-14)4-5-15-16-6-7-18(24)21(16,3)11-17(23)19(15)20/h13-16,19H,4-11H2,1-3H3/t13-,14-,15-,16+,19-,20-,21+/m1/s1. The zero-order valence-electron chi connectivity index (χ0n) is 15.7. The first-order valence-corrected chi connectivity index (χ1v) is 9.99. The Bertz CT molecular complexity index is 625. The van der Waals surface area contributed by atoms with Crippen LogP contribution in [0, 0.1) is 34.5 Å². The lowest BCUT2D eigenvalue weighted by Crippen LogP contribution is -2.57. The Hall–Kier alpha value is -1.19. The van der Waals surface area contributed by atoms with Crippen LogP contribution in [0.5, 0.6) is 0 Å². The molecule has 0 aromatic rings. The Morgan fingerprint density at radius 3 is 2.60 bits per heavy atom. The van der Waals surface area contributed by atoms with Gasteiger partial charge in [-0.1, -0.05) is 13.8 Å². The number of esters is 1. The van der Waals surface area contributed by atoms with Crippen molar-refractivity contribution in [2.24, 2.45) is 34.5 Å². The highest BCUT2D eigenvalue weighted by Gasteiger charge is 2.63. The maximum absolute atomic E-state index is 13.2. The number of carbonyl (C=O) groups excluding carboxylic acids is 3. The highest BCUT2D eigenvalue weighted by molar-refractivity contribution is 5.95. The van der Waals surface area contributed by atoms with Crippen LogP contribution in [-0.2, 0) is 19.1 Å². The lowest BCUT2D eigenvalue weighted by atomic mass is 9.45. The van der Waals surface area contributed by atoms with Crippen molar-refractivity contribution in [1.29, 1.82) is 0 Å². The molecule has 0 saturated heterocycles. The molecule has 0 aromatic heterocycles. The molecule has 4 fully saturated rings. The predicted molar refractivity (Wildman–Crippen MR) is 92.7 cm³/mol. The van der Waals surface area contributed by atoms with E-state index in [0.717, 1.165) is 38.5 Å². The largest absolute Gasteiger partial charge is 0.463 e. The van der Waals surface area contributed by atoms with Crippen LogP contribution in [0.25, 0.3) is 0 Å². The van der Waals surface area contributed by atoms with Crippen LogP contribution in [-0.4, -0.2) is 23.6 Å². The number of ketones is 2. The molecule has 138 valence electrons. The molecule has 0 N–H and O–H groups in total. The fourth-order valence-electron chi connectivity index (χ4n) is 7.15. The summed E-state index contributed by atoms with van der Waals surface area (Å²) in [5.74, 6) is 1.78. The molecule has 4 heteroatoms. The Morgan fingerprint density at radius 1 is 1.12 bits per heavy atom. The average Bonchev–Trinajstić information content (AvgIpc) is 2.82. The summed E-state index contributed by atoms with van der Waals surface area (Å²) in [7, 11) is 0. The molecule has 4 aliphatic carbocycles. The summed E-state index contributed by atoms with van der Waals surface area (Å²) < 4.78 is 5.48. The zero-order valence-corrected chi connectivity index (χ0v) is 15.7. The lowest BCUT2D eigenvalue weighted by Gasteiger charge is -2.59. The van der Waals surface area contributed by atoms with Crippen LogP contribution in [0.3, 0.4) is 0 Å². The first kappa shape index (κ1) is 17.2. The SMILES string of the molecule is CC(=O)O[C@@H]1CC[C@]2(C)[C@H](CC[C@H]3[C@@H]2C(=O)C[C@]2(C)C(=O)CC[C@@H]32)C1. The third kappa shape index (κ3) is 2.43. The average molecular weight is 346 g/mol. The second kappa shape index (κ2) is 5.65. The van der Waals surface area contributed by atoms with E-state index in [4.69, 9.17) is 4.74 Å². The Labute approximate surface area is 150 Å². The van der Waals surface area contributed by atoms with E-state index in [1.807, 2.05) is 6.92 Å². The van der Waals surface area contributed by atoms with Crippen LogP contribution in [0.2, 0.25) is 0 Å². The van der Waals surface area contributed by atoms with Crippen molar-refractivity contribution in [3.05, 3.63) is 0 Å². The molecule has 0 heterocycles. The van der Waals surface area contributed by atoms with Gasteiger partial charge in [-0.25, -0.2) is 0 Å². The van der Waals surface area contributed by atoms with Gasteiger partial charge in [0, 0.05) is 31.1 Å². The molecule has 0 bridgehead atoms. The van der Waals surface area contributed by atoms with Gasteiger partial charge in [-0.2, -0.15) is 0 Å². The number of ether oxygens (including phenoxy) is 1. The highest BCUT2D eigenvalue weighted by atomic mass is 16.5. The summed E-state index contributed by atoms with van der Waals surface area (Å²) in [5.41, 5.74) is -0.375. The van der Waals surface area contributed by atoms with E-state index in [1.165, 1.54) is 6.92 Å². The first-order valence-electron chi connectivity index (χ1n) is 9.99. The summed E-state index contributed by atoms with van der Waals surface area (Å²) in [5, 5.41) is 0. The van der Waals surface area contributed by atoms with Crippen molar-refractivity contribution in [1.82, 2.24) is 0 Å². The van der Waals surface area contributed by atoms with Crippen molar-refractivity contribution < 1.29 is 19.1 Å². The second-order valence-corrected chi connectivity index (χ2v) is 9.56. The van der Waals surface area contributed by atoms with Crippen LogP contribution in [0.4, 0.5) is 0 Å². The number of Topliss-reactive ketones (excluding diaryl/α,β-unsaturated/α-hetero) is 2. The van der Waals surface area contributed by atoms with Gasteiger partial charge in [-0.05, 0) is 61.7 Å². The quantitative estimate of drug-likeness (QED) is 0.679. The van der Waals surface area contributed by atoms with Gasteiger partial charge in [0.2, 0.25) is 0 Å². The molecule has 0 aliphatic heterocycles. The molecule has 0 radical (unpaired) electrons. The molecule has 0 unspecified atom stereocenters. The Balaban J connectivity index is 1.60. The van der Waals surface area contributed by atoms with Crippen LogP contribution in [0.1, 0.15) is 72.1 Å². The molecule has 4 rings (SSSR count). The van der Waals surface area contributed by atoms with Gasteiger partial charge in [0.1, 0.15) is 17.7 Å². The highest BCUT2D eigenvalue weighted by Crippen LogP contribution is 2.64. The fraction of sp³-hybridized carbons (Fsp3) is 0.857. The summed E-state index contributed by atoms with van der Waals surface area (Å²) in [4.78, 5) is 37.0. The Kier molecular flexibility index (Phi) is 3.90. The predicted octanol–water partition coefficient (Wildman–Crippen LogP) is 3.71. The minimum Gasteiger partial charge on any atom is -0.463 e. The van der Waals surface area contributed by atoms with Crippen LogP contribution in [0.15, 0.2) is 0 Å². The lowest BCUT2D eigenvalue weighted by molar-refractivity contribution is -0.168. The molecule has 7 atom stereocenters. The normalized spacial score (nSPS) is 49.2. The molecule has 0 aromatic carbocycles. The summed E-state index contributed by atoms with van der Waals surface area (Å²) in [6.45, 7) is 5.83. The molecule has 25 heavy (non-hydrogen) atoms. The third-order valence-electron chi connectivity index (χ3n) is 8.35.